The lowest BCUT2D eigenvalue weighted by molar-refractivity contribution is -0.0127. The molecule has 7 heavy (non-hydrogen) atoms. The van der Waals surface area contributed by atoms with Crippen LogP contribution in [0.1, 0.15) is 0 Å². The normalized spacial score (nSPS) is 12.4. The molecular formula is C2H11NO2Si2. The number of hydroxylamine groups is 2. The molecule has 0 aliphatic rings. The maximum Gasteiger partial charge on any atom is 0.315 e. The molecule has 0 radical (unpaired) electrons. The molecule has 44 valence electrons. The van der Waals surface area contributed by atoms with Crippen molar-refractivity contribution in [1.82, 2.24) is 5.06 Å². The van der Waals surface area contributed by atoms with E-state index >= 15 is 0 Å². The first-order chi connectivity index (χ1) is 3.27. The van der Waals surface area contributed by atoms with Crippen LogP contribution in [-0.2, 0) is 8.64 Å². The van der Waals surface area contributed by atoms with Gasteiger partial charge < -0.3 is 8.64 Å². The Hall–Kier alpha value is 0.314. The van der Waals surface area contributed by atoms with Crippen molar-refractivity contribution < 1.29 is 8.64 Å². The zero-order valence-corrected chi connectivity index (χ0v) is 8.39. The smallest absolute Gasteiger partial charge is 0.315 e. The molecule has 0 aromatic carbocycles. The molecular weight excluding hydrogens is 126 g/mol. The molecule has 0 rings (SSSR count). The van der Waals surface area contributed by atoms with Crippen molar-refractivity contribution in [3.05, 3.63) is 0 Å². The molecule has 0 bridgehead atoms. The number of hydrogen-bond donors (Lipinski definition) is 0. The molecule has 0 unspecified atom stereocenters. The summed E-state index contributed by atoms with van der Waals surface area (Å²) < 4.78 is 9.84. The molecule has 3 nitrogen and oxygen atoms in total. The van der Waals surface area contributed by atoms with E-state index in [0.29, 0.717) is 0 Å². The van der Waals surface area contributed by atoms with Gasteiger partial charge in [-0.25, -0.2) is 5.06 Å². The maximum atomic E-state index is 4.98. The summed E-state index contributed by atoms with van der Waals surface area (Å²) in [6.45, 7) is 0. The van der Waals surface area contributed by atoms with Gasteiger partial charge in [0, 0.05) is 14.1 Å². The molecule has 0 atom stereocenters. The molecule has 0 fully saturated rings. The molecule has 5 heteroatoms. The molecule has 0 spiro atoms. The Bertz CT molecular complexity index is 42.7. The van der Waals surface area contributed by atoms with Crippen LogP contribution in [0.25, 0.3) is 0 Å². The van der Waals surface area contributed by atoms with E-state index in [-0.39, 0.29) is 0 Å². The molecule has 0 saturated carbocycles. The van der Waals surface area contributed by atoms with Gasteiger partial charge in [0.15, 0.2) is 0 Å². The van der Waals surface area contributed by atoms with Crippen molar-refractivity contribution >= 4 is 20.5 Å². The van der Waals surface area contributed by atoms with Crippen LogP contribution < -0.4 is 0 Å². The van der Waals surface area contributed by atoms with Gasteiger partial charge in [-0.3, -0.25) is 0 Å². The van der Waals surface area contributed by atoms with Gasteiger partial charge in [0.2, 0.25) is 0 Å². The minimum atomic E-state index is -0.638. The molecule has 0 amide bonds. The zero-order chi connectivity index (χ0) is 5.70. The highest BCUT2D eigenvalue weighted by Gasteiger charge is 1.83. The highest BCUT2D eigenvalue weighted by molar-refractivity contribution is 6.27. The van der Waals surface area contributed by atoms with Crippen LogP contribution in [0.4, 0.5) is 0 Å². The van der Waals surface area contributed by atoms with Crippen LogP contribution in [0.5, 0.6) is 0 Å². The fourth-order valence-corrected chi connectivity index (χ4v) is 0.791. The number of rotatable bonds is 3. The van der Waals surface area contributed by atoms with Crippen molar-refractivity contribution in [2.75, 3.05) is 14.1 Å². The van der Waals surface area contributed by atoms with E-state index in [1.54, 1.807) is 5.06 Å². The van der Waals surface area contributed by atoms with E-state index in [1.165, 1.54) is 0 Å². The van der Waals surface area contributed by atoms with Gasteiger partial charge in [-0.1, -0.05) is 0 Å². The highest BCUT2D eigenvalue weighted by Crippen LogP contribution is 1.71. The third-order valence-corrected chi connectivity index (χ3v) is 1.99. The fraction of sp³-hybridized carbons (Fsp3) is 1.00. The summed E-state index contributed by atoms with van der Waals surface area (Å²) in [5.41, 5.74) is 0. The maximum absolute atomic E-state index is 4.98. The van der Waals surface area contributed by atoms with Crippen LogP contribution in [0.2, 0.25) is 0 Å². The molecule has 0 aromatic rings. The summed E-state index contributed by atoms with van der Waals surface area (Å²) in [6.07, 6.45) is 0. The van der Waals surface area contributed by atoms with Gasteiger partial charge in [-0.15, -0.1) is 0 Å². The Labute approximate surface area is 49.2 Å². The molecule has 0 heterocycles. The van der Waals surface area contributed by atoms with Gasteiger partial charge in [-0.2, -0.15) is 0 Å². The van der Waals surface area contributed by atoms with Crippen LogP contribution in [0.15, 0.2) is 0 Å². The predicted molar refractivity (Wildman–Crippen MR) is 34.3 cm³/mol. The van der Waals surface area contributed by atoms with Gasteiger partial charge in [0.25, 0.3) is 0 Å². The van der Waals surface area contributed by atoms with Gasteiger partial charge in [-0.05, 0) is 0 Å². The fourth-order valence-electron chi connectivity index (χ4n) is 0.158. The Kier molecular flexibility index (Phi) is 4.67. The topological polar surface area (TPSA) is 21.7 Å². The first kappa shape index (κ1) is 7.31. The van der Waals surface area contributed by atoms with E-state index < -0.39 is 10.0 Å². The lowest BCUT2D eigenvalue weighted by atomic mass is 11.2. The number of nitrogens with zero attached hydrogens (tertiary/aromatic N) is 1. The van der Waals surface area contributed by atoms with Gasteiger partial charge in [0.1, 0.15) is 10.5 Å². The third-order valence-electron chi connectivity index (χ3n) is 0.429. The SMILES string of the molecule is CN(C)O[SiH2]O[SiH3]. The van der Waals surface area contributed by atoms with Crippen LogP contribution in [0.3, 0.4) is 0 Å². The van der Waals surface area contributed by atoms with Gasteiger partial charge >= 0.3 is 10.0 Å². The average Bonchev–Trinajstić information content (AvgIpc) is 1.61. The predicted octanol–water partition coefficient (Wildman–Crippen LogP) is -2.22. The highest BCUT2D eigenvalue weighted by atomic mass is 28.3. The standard InChI is InChI=1S/C2H11NO2Si2/c1-3(2)4-7-5-6/h7H2,1-2,6H3. The van der Waals surface area contributed by atoms with E-state index in [0.717, 1.165) is 10.5 Å². The Morgan fingerprint density at radius 1 is 1.57 bits per heavy atom. The molecule has 0 aliphatic heterocycles. The second kappa shape index (κ2) is 4.47. The third kappa shape index (κ3) is 6.31. The lowest BCUT2D eigenvalue weighted by Crippen LogP contribution is -2.16. The summed E-state index contributed by atoms with van der Waals surface area (Å²) in [4.78, 5) is 0. The largest absolute Gasteiger partial charge is 0.448 e. The Balaban J connectivity index is 2.68. The Morgan fingerprint density at radius 3 is 2.29 bits per heavy atom. The van der Waals surface area contributed by atoms with Crippen LogP contribution in [-0.4, -0.2) is 39.7 Å². The lowest BCUT2D eigenvalue weighted by Gasteiger charge is -2.07. The molecule has 0 aromatic heterocycles. The van der Waals surface area contributed by atoms with Crippen LogP contribution >= 0.6 is 0 Å². The first-order valence-corrected chi connectivity index (χ1v) is 4.03. The van der Waals surface area contributed by atoms with E-state index in [1.807, 2.05) is 14.1 Å². The van der Waals surface area contributed by atoms with Crippen molar-refractivity contribution in [2.24, 2.45) is 0 Å². The second-order valence-corrected chi connectivity index (χ2v) is 4.15. The molecule has 0 N–H and O–H groups in total. The Morgan fingerprint density at radius 2 is 2.14 bits per heavy atom. The molecule has 0 saturated heterocycles. The first-order valence-electron chi connectivity index (χ1n) is 2.06. The summed E-state index contributed by atoms with van der Waals surface area (Å²) in [5.74, 6) is 0. The van der Waals surface area contributed by atoms with Crippen molar-refractivity contribution in [2.45, 2.75) is 0 Å². The minimum absolute atomic E-state index is 0.638. The van der Waals surface area contributed by atoms with Crippen molar-refractivity contribution in [3.63, 3.8) is 0 Å². The monoisotopic (exact) mass is 137 g/mol. The van der Waals surface area contributed by atoms with Crippen LogP contribution in [0, 0.1) is 0 Å². The van der Waals surface area contributed by atoms with E-state index in [2.05, 4.69) is 0 Å². The minimum Gasteiger partial charge on any atom is -0.448 e. The number of hydrogen-bond acceptors (Lipinski definition) is 3. The van der Waals surface area contributed by atoms with Crippen molar-refractivity contribution in [1.29, 1.82) is 0 Å². The zero-order valence-electron chi connectivity index (χ0n) is 4.97. The average molecular weight is 137 g/mol. The van der Waals surface area contributed by atoms with E-state index in [4.69, 9.17) is 8.64 Å². The summed E-state index contributed by atoms with van der Waals surface area (Å²) in [7, 11) is 3.88. The summed E-state index contributed by atoms with van der Waals surface area (Å²) in [6, 6.07) is 0. The molecule has 0 aliphatic carbocycles. The van der Waals surface area contributed by atoms with Crippen molar-refractivity contribution in [3.8, 4) is 0 Å². The van der Waals surface area contributed by atoms with Gasteiger partial charge in [0.05, 0.1) is 0 Å². The van der Waals surface area contributed by atoms with E-state index in [9.17, 15) is 0 Å². The quantitative estimate of drug-likeness (QED) is 0.325. The summed E-state index contributed by atoms with van der Waals surface area (Å²) >= 11 is 0. The second-order valence-electron chi connectivity index (χ2n) is 1.35. The summed E-state index contributed by atoms with van der Waals surface area (Å²) in [5, 5.41) is 1.67.